The van der Waals surface area contributed by atoms with Gasteiger partial charge >= 0.3 is 0 Å². The van der Waals surface area contributed by atoms with Crippen LogP contribution in [0.2, 0.25) is 0 Å². The molecule has 24 heavy (non-hydrogen) atoms. The monoisotopic (exact) mass is 325 g/mol. The van der Waals surface area contributed by atoms with Crippen molar-refractivity contribution < 1.29 is 9.53 Å². The number of fused-ring (bicyclic) bond motifs is 1. The third-order valence-electron chi connectivity index (χ3n) is 4.33. The Morgan fingerprint density at radius 3 is 2.96 bits per heavy atom. The summed E-state index contributed by atoms with van der Waals surface area (Å²) in [5.41, 5.74) is 4.66. The molecule has 0 bridgehead atoms. The predicted molar refractivity (Wildman–Crippen MR) is 92.8 cm³/mol. The van der Waals surface area contributed by atoms with Crippen molar-refractivity contribution in [3.63, 3.8) is 0 Å². The van der Waals surface area contributed by atoms with Crippen molar-refractivity contribution in [3.05, 3.63) is 58.9 Å². The second-order valence-corrected chi connectivity index (χ2v) is 6.04. The van der Waals surface area contributed by atoms with E-state index in [1.54, 1.807) is 6.92 Å². The van der Waals surface area contributed by atoms with Gasteiger partial charge in [0.05, 0.1) is 0 Å². The molecular formula is C19H23N3O2. The van der Waals surface area contributed by atoms with Gasteiger partial charge < -0.3 is 15.4 Å². The number of carbonyl (C=O) groups excluding carboxylic acids is 1. The van der Waals surface area contributed by atoms with E-state index in [0.717, 1.165) is 30.8 Å². The number of aryl methyl sites for hydroxylation is 1. The number of nitrogens with zero attached hydrogens (tertiary/aromatic N) is 1. The topological polar surface area (TPSA) is 63.2 Å². The Hall–Kier alpha value is -2.40. The summed E-state index contributed by atoms with van der Waals surface area (Å²) in [7, 11) is 0. The van der Waals surface area contributed by atoms with E-state index in [2.05, 4.69) is 15.6 Å². The Bertz CT molecular complexity index is 716. The summed E-state index contributed by atoms with van der Waals surface area (Å²) in [4.78, 5) is 16.8. The van der Waals surface area contributed by atoms with Crippen molar-refractivity contribution in [2.75, 3.05) is 6.54 Å². The number of para-hydroxylation sites is 1. The number of nitrogens with one attached hydrogen (secondary N) is 2. The van der Waals surface area contributed by atoms with Crippen LogP contribution in [-0.2, 0) is 24.3 Å². The molecule has 2 aromatic rings. The second-order valence-electron chi connectivity index (χ2n) is 6.04. The van der Waals surface area contributed by atoms with Gasteiger partial charge in [0.2, 0.25) is 0 Å². The van der Waals surface area contributed by atoms with Crippen LogP contribution in [0.5, 0.6) is 5.75 Å². The second kappa shape index (κ2) is 7.45. The van der Waals surface area contributed by atoms with Crippen molar-refractivity contribution in [1.82, 2.24) is 15.6 Å². The largest absolute Gasteiger partial charge is 0.481 e. The molecule has 1 aromatic heterocycles. The fourth-order valence-electron chi connectivity index (χ4n) is 2.95. The van der Waals surface area contributed by atoms with Crippen LogP contribution in [0.4, 0.5) is 0 Å². The molecule has 0 spiro atoms. The van der Waals surface area contributed by atoms with E-state index < -0.39 is 6.10 Å². The van der Waals surface area contributed by atoms with Gasteiger partial charge in [-0.25, -0.2) is 0 Å². The molecule has 126 valence electrons. The van der Waals surface area contributed by atoms with Crippen molar-refractivity contribution in [3.8, 4) is 5.75 Å². The Morgan fingerprint density at radius 2 is 2.17 bits per heavy atom. The quantitative estimate of drug-likeness (QED) is 0.884. The summed E-state index contributed by atoms with van der Waals surface area (Å²) in [6.45, 7) is 6.05. The van der Waals surface area contributed by atoms with E-state index in [1.165, 1.54) is 11.1 Å². The van der Waals surface area contributed by atoms with Crippen molar-refractivity contribution in [1.29, 1.82) is 0 Å². The summed E-state index contributed by atoms with van der Waals surface area (Å²) < 4.78 is 5.67. The van der Waals surface area contributed by atoms with Crippen LogP contribution < -0.4 is 15.4 Å². The third kappa shape index (κ3) is 3.74. The maximum absolute atomic E-state index is 12.3. The van der Waals surface area contributed by atoms with Crippen molar-refractivity contribution >= 4 is 5.91 Å². The van der Waals surface area contributed by atoms with E-state index >= 15 is 0 Å². The van der Waals surface area contributed by atoms with Gasteiger partial charge in [-0.05, 0) is 55.6 Å². The first-order valence-electron chi connectivity index (χ1n) is 8.31. The smallest absolute Gasteiger partial charge is 0.261 e. The maximum atomic E-state index is 12.3. The molecule has 1 amide bonds. The molecule has 0 unspecified atom stereocenters. The number of hydrogen-bond acceptors (Lipinski definition) is 4. The Labute approximate surface area is 142 Å². The number of hydrogen-bond donors (Lipinski definition) is 2. The summed E-state index contributed by atoms with van der Waals surface area (Å²) in [5.74, 6) is 0.575. The maximum Gasteiger partial charge on any atom is 0.261 e. The zero-order valence-electron chi connectivity index (χ0n) is 14.1. The highest BCUT2D eigenvalue weighted by Crippen LogP contribution is 2.20. The van der Waals surface area contributed by atoms with Gasteiger partial charge in [-0.2, -0.15) is 0 Å². The van der Waals surface area contributed by atoms with Gasteiger partial charge in [0.15, 0.2) is 6.10 Å². The lowest BCUT2D eigenvalue weighted by molar-refractivity contribution is -0.127. The summed E-state index contributed by atoms with van der Waals surface area (Å²) >= 11 is 0. The number of aromatic nitrogens is 1. The number of rotatable bonds is 5. The highest BCUT2D eigenvalue weighted by Gasteiger charge is 2.18. The molecule has 5 heteroatoms. The van der Waals surface area contributed by atoms with E-state index in [1.807, 2.05) is 43.5 Å². The molecule has 5 nitrogen and oxygen atoms in total. The average Bonchev–Trinajstić information content (AvgIpc) is 2.61. The fraction of sp³-hybridized carbons (Fsp3) is 0.368. The number of benzene rings is 1. The molecule has 3 rings (SSSR count). The number of ether oxygens (including phenoxy) is 1. The number of amides is 1. The minimum absolute atomic E-state index is 0.121. The van der Waals surface area contributed by atoms with Crippen LogP contribution in [0.15, 0.2) is 36.5 Å². The van der Waals surface area contributed by atoms with Gasteiger partial charge in [-0.3, -0.25) is 9.78 Å². The van der Waals surface area contributed by atoms with Crippen molar-refractivity contribution in [2.24, 2.45) is 0 Å². The molecule has 0 fully saturated rings. The first-order chi connectivity index (χ1) is 11.6. The molecule has 0 aliphatic carbocycles. The summed E-state index contributed by atoms with van der Waals surface area (Å²) in [5, 5.41) is 6.34. The van der Waals surface area contributed by atoms with E-state index in [0.29, 0.717) is 12.3 Å². The minimum Gasteiger partial charge on any atom is -0.481 e. The van der Waals surface area contributed by atoms with Crippen LogP contribution in [-0.4, -0.2) is 23.5 Å². The molecule has 1 aliphatic rings. The Balaban J connectivity index is 1.64. The summed E-state index contributed by atoms with van der Waals surface area (Å²) in [6.07, 6.45) is 2.37. The fourth-order valence-corrected chi connectivity index (χ4v) is 2.95. The Kier molecular flexibility index (Phi) is 5.11. The lowest BCUT2D eigenvalue weighted by Gasteiger charge is -2.22. The van der Waals surface area contributed by atoms with Crippen LogP contribution >= 0.6 is 0 Å². The normalized spacial score (nSPS) is 14.6. The standard InChI is InChI=1S/C19H23N3O2/c1-13-18(17-8-9-20-10-15(17)11-21-13)12-22-19(23)14(2)24-16-6-4-3-5-7-16/h3-7,11,14,20H,8-10,12H2,1-2H3,(H,22,23)/t14-/m1/s1. The van der Waals surface area contributed by atoms with Crippen molar-refractivity contribution in [2.45, 2.75) is 39.5 Å². The predicted octanol–water partition coefficient (Wildman–Crippen LogP) is 2.12. The number of carbonyl (C=O) groups is 1. The number of pyridine rings is 1. The van der Waals surface area contributed by atoms with Crippen LogP contribution in [0, 0.1) is 6.92 Å². The molecule has 1 aliphatic heterocycles. The molecular weight excluding hydrogens is 302 g/mol. The Morgan fingerprint density at radius 1 is 1.38 bits per heavy atom. The van der Waals surface area contributed by atoms with Gasteiger partial charge in [0.1, 0.15) is 5.75 Å². The highest BCUT2D eigenvalue weighted by atomic mass is 16.5. The van der Waals surface area contributed by atoms with Gasteiger partial charge in [-0.15, -0.1) is 0 Å². The molecule has 0 saturated heterocycles. The van der Waals surface area contributed by atoms with Gasteiger partial charge in [-0.1, -0.05) is 18.2 Å². The van der Waals surface area contributed by atoms with E-state index in [-0.39, 0.29) is 5.91 Å². The zero-order chi connectivity index (χ0) is 16.9. The molecule has 2 N–H and O–H groups in total. The molecule has 1 aromatic carbocycles. The first-order valence-corrected chi connectivity index (χ1v) is 8.31. The molecule has 0 radical (unpaired) electrons. The van der Waals surface area contributed by atoms with E-state index in [9.17, 15) is 4.79 Å². The minimum atomic E-state index is -0.540. The zero-order valence-corrected chi connectivity index (χ0v) is 14.1. The van der Waals surface area contributed by atoms with Crippen LogP contribution in [0.25, 0.3) is 0 Å². The lowest BCUT2D eigenvalue weighted by Crippen LogP contribution is -2.36. The first kappa shape index (κ1) is 16.5. The lowest BCUT2D eigenvalue weighted by atomic mass is 9.96. The SMILES string of the molecule is Cc1ncc2c(c1CNC(=O)[C@@H](C)Oc1ccccc1)CCNC2. The van der Waals surface area contributed by atoms with Crippen LogP contribution in [0.1, 0.15) is 29.3 Å². The highest BCUT2D eigenvalue weighted by molar-refractivity contribution is 5.80. The van der Waals surface area contributed by atoms with Crippen LogP contribution in [0.3, 0.4) is 0 Å². The molecule has 0 saturated carbocycles. The van der Waals surface area contributed by atoms with Gasteiger partial charge in [0.25, 0.3) is 5.91 Å². The summed E-state index contributed by atoms with van der Waals surface area (Å²) in [6, 6.07) is 9.39. The molecule has 2 heterocycles. The average molecular weight is 325 g/mol. The van der Waals surface area contributed by atoms with Gasteiger partial charge in [0, 0.05) is 25.0 Å². The molecule has 1 atom stereocenters. The third-order valence-corrected chi connectivity index (χ3v) is 4.33. The van der Waals surface area contributed by atoms with E-state index in [4.69, 9.17) is 4.74 Å².